The molecular weight excluding hydrogens is 452 g/mol. The maximum absolute atomic E-state index is 12.5. The lowest BCUT2D eigenvalue weighted by Crippen LogP contribution is -2.49. The number of amides is 1. The van der Waals surface area contributed by atoms with Crippen LogP contribution in [0.25, 0.3) is 10.9 Å². The molecule has 2 aliphatic heterocycles. The molecule has 0 aliphatic carbocycles. The largest absolute Gasteiger partial charge is 0.481 e. The summed E-state index contributed by atoms with van der Waals surface area (Å²) in [5.41, 5.74) is 2.74. The molecule has 1 fully saturated rings. The molecule has 0 spiro atoms. The average Bonchev–Trinajstić information content (AvgIpc) is 3.21. The van der Waals surface area contributed by atoms with E-state index in [1.165, 1.54) is 0 Å². The van der Waals surface area contributed by atoms with Crippen LogP contribution in [0.4, 0.5) is 5.69 Å². The van der Waals surface area contributed by atoms with E-state index >= 15 is 0 Å². The van der Waals surface area contributed by atoms with Crippen LogP contribution in [0.15, 0.2) is 47.4 Å². The third-order valence-electron chi connectivity index (χ3n) is 6.97. The first-order valence-electron chi connectivity index (χ1n) is 11.6. The molecule has 0 radical (unpaired) electrons. The average molecular weight is 479 g/mol. The Bertz CT molecular complexity index is 1380. The third kappa shape index (κ3) is 4.44. The number of hydrogen-bond acceptors (Lipinski definition) is 5. The quantitative estimate of drug-likeness (QED) is 0.408. The molecule has 3 atom stereocenters. The van der Waals surface area contributed by atoms with Crippen molar-refractivity contribution in [2.24, 2.45) is 5.92 Å². The minimum absolute atomic E-state index is 0.0185. The number of H-pyrrole nitrogens is 1. The summed E-state index contributed by atoms with van der Waals surface area (Å²) in [6, 6.07) is 9.55. The summed E-state index contributed by atoms with van der Waals surface area (Å²) >= 11 is 0. The molecule has 10 nitrogen and oxygen atoms in total. The van der Waals surface area contributed by atoms with E-state index in [-0.39, 0.29) is 30.2 Å². The fourth-order valence-corrected chi connectivity index (χ4v) is 5.52. The number of carbonyl (C=O) groups excluding carboxylic acids is 1. The number of pyridine rings is 1. The molecule has 3 aromatic rings. The number of piperidine rings is 1. The molecule has 1 aromatic carbocycles. The number of carbonyl (C=O) groups is 3. The van der Waals surface area contributed by atoms with Gasteiger partial charge in [-0.05, 0) is 36.6 Å². The van der Waals surface area contributed by atoms with E-state index < -0.39 is 23.9 Å². The van der Waals surface area contributed by atoms with E-state index in [0.29, 0.717) is 36.3 Å². The standard InChI is InChI=1S/C25H26N4O6/c30-21(6-7-23(32)33)27-16-4-5-19-17(9-16)18(10-26-19)24(25(34)35)28-11-14-8-15(13-28)20-2-1-3-22(31)29(20)12-14/h1-5,9-10,14-15,24,26H,6-8,11-13H2,(H,27,30)(H,32,33)(H,34,35). The fourth-order valence-electron chi connectivity index (χ4n) is 5.52. The number of carboxylic acids is 2. The lowest BCUT2D eigenvalue weighted by atomic mass is 9.82. The lowest BCUT2D eigenvalue weighted by molar-refractivity contribution is -0.145. The van der Waals surface area contributed by atoms with Crippen LogP contribution in [-0.2, 0) is 20.9 Å². The van der Waals surface area contributed by atoms with Gasteiger partial charge in [-0.1, -0.05) is 6.07 Å². The van der Waals surface area contributed by atoms with Crippen molar-refractivity contribution in [1.82, 2.24) is 14.5 Å². The third-order valence-corrected chi connectivity index (χ3v) is 6.97. The number of fused-ring (bicyclic) bond motifs is 5. The number of benzene rings is 1. The van der Waals surface area contributed by atoms with Crippen LogP contribution in [0.3, 0.4) is 0 Å². The van der Waals surface area contributed by atoms with Gasteiger partial charge in [0.25, 0.3) is 5.56 Å². The van der Waals surface area contributed by atoms with Gasteiger partial charge in [-0.2, -0.15) is 0 Å². The van der Waals surface area contributed by atoms with Crippen molar-refractivity contribution in [2.75, 3.05) is 18.4 Å². The van der Waals surface area contributed by atoms with Gasteiger partial charge in [0.1, 0.15) is 6.04 Å². The number of aromatic nitrogens is 2. The Hall–Kier alpha value is -3.92. The van der Waals surface area contributed by atoms with Crippen molar-refractivity contribution in [1.29, 1.82) is 0 Å². The number of nitrogens with one attached hydrogen (secondary N) is 2. The number of nitrogens with zero attached hydrogens (tertiary/aromatic N) is 2. The van der Waals surface area contributed by atoms with Crippen molar-refractivity contribution in [3.05, 3.63) is 64.2 Å². The Labute approximate surface area is 200 Å². The van der Waals surface area contributed by atoms with Crippen molar-refractivity contribution in [3.8, 4) is 0 Å². The summed E-state index contributed by atoms with van der Waals surface area (Å²) < 4.78 is 1.82. The van der Waals surface area contributed by atoms with Gasteiger partial charge < -0.3 is 25.1 Å². The second-order valence-electron chi connectivity index (χ2n) is 9.34. The first-order chi connectivity index (χ1) is 16.8. The SMILES string of the molecule is O=C(O)CCC(=O)Nc1ccc2[nH]cc(C(C(=O)O)N3CC4CC(C3)c3cccc(=O)n3C4)c2c1. The van der Waals surface area contributed by atoms with Gasteiger partial charge in [0.15, 0.2) is 0 Å². The summed E-state index contributed by atoms with van der Waals surface area (Å²) in [5, 5.41) is 22.4. The Kier molecular flexibility index (Phi) is 5.89. The summed E-state index contributed by atoms with van der Waals surface area (Å²) in [6.45, 7) is 1.66. The molecule has 2 aromatic heterocycles. The lowest BCUT2D eigenvalue weighted by Gasteiger charge is -2.44. The number of rotatable bonds is 7. The Balaban J connectivity index is 1.43. The van der Waals surface area contributed by atoms with Crippen LogP contribution >= 0.6 is 0 Å². The summed E-state index contributed by atoms with van der Waals surface area (Å²) in [5.74, 6) is -2.18. The van der Waals surface area contributed by atoms with Gasteiger partial charge in [0, 0.05) is 72.1 Å². The molecule has 1 saturated heterocycles. The molecule has 0 saturated carbocycles. The number of likely N-dealkylation sites (tertiary alicyclic amines) is 1. The summed E-state index contributed by atoms with van der Waals surface area (Å²) in [4.78, 5) is 52.8. The minimum atomic E-state index is -1.05. The van der Waals surface area contributed by atoms with Gasteiger partial charge >= 0.3 is 11.9 Å². The van der Waals surface area contributed by atoms with E-state index in [4.69, 9.17) is 5.11 Å². The Morgan fingerprint density at radius 3 is 2.69 bits per heavy atom. The van der Waals surface area contributed by atoms with Crippen molar-refractivity contribution < 1.29 is 24.6 Å². The second-order valence-corrected chi connectivity index (χ2v) is 9.34. The second kappa shape index (κ2) is 9.03. The van der Waals surface area contributed by atoms with Gasteiger partial charge in [-0.15, -0.1) is 0 Å². The molecule has 2 bridgehead atoms. The van der Waals surface area contributed by atoms with Crippen LogP contribution in [0.5, 0.6) is 0 Å². The summed E-state index contributed by atoms with van der Waals surface area (Å²) in [6.07, 6.45) is 2.21. The highest BCUT2D eigenvalue weighted by atomic mass is 16.4. The highest BCUT2D eigenvalue weighted by Gasteiger charge is 2.40. The van der Waals surface area contributed by atoms with E-state index in [1.54, 1.807) is 36.5 Å². The number of anilines is 1. The number of aliphatic carboxylic acids is 2. The highest BCUT2D eigenvalue weighted by Crippen LogP contribution is 2.40. The van der Waals surface area contributed by atoms with Gasteiger partial charge in [-0.25, -0.2) is 0 Å². The maximum atomic E-state index is 12.5. The topological polar surface area (TPSA) is 145 Å². The zero-order chi connectivity index (χ0) is 24.7. The first kappa shape index (κ1) is 22.9. The molecule has 35 heavy (non-hydrogen) atoms. The van der Waals surface area contributed by atoms with E-state index in [2.05, 4.69) is 10.3 Å². The molecule has 5 rings (SSSR count). The monoisotopic (exact) mass is 478 g/mol. The highest BCUT2D eigenvalue weighted by molar-refractivity contribution is 5.96. The Morgan fingerprint density at radius 1 is 1.09 bits per heavy atom. The zero-order valence-electron chi connectivity index (χ0n) is 18.9. The van der Waals surface area contributed by atoms with E-state index in [1.807, 2.05) is 15.5 Å². The van der Waals surface area contributed by atoms with Crippen molar-refractivity contribution in [2.45, 2.75) is 37.8 Å². The maximum Gasteiger partial charge on any atom is 0.325 e. The van der Waals surface area contributed by atoms with Crippen LogP contribution in [0, 0.1) is 5.92 Å². The Morgan fingerprint density at radius 2 is 1.91 bits per heavy atom. The number of hydrogen-bond donors (Lipinski definition) is 4. The van der Waals surface area contributed by atoms with Crippen LogP contribution in [-0.4, -0.2) is 55.6 Å². The van der Waals surface area contributed by atoms with Crippen LogP contribution in [0.1, 0.15) is 42.5 Å². The van der Waals surface area contributed by atoms with Crippen molar-refractivity contribution >= 4 is 34.4 Å². The molecule has 2 aliphatic rings. The smallest absolute Gasteiger partial charge is 0.325 e. The minimum Gasteiger partial charge on any atom is -0.481 e. The molecular formula is C25H26N4O6. The van der Waals surface area contributed by atoms with Gasteiger partial charge in [0.2, 0.25) is 5.91 Å². The van der Waals surface area contributed by atoms with E-state index in [9.17, 15) is 24.3 Å². The first-order valence-corrected chi connectivity index (χ1v) is 11.6. The fraction of sp³-hybridized carbons (Fsp3) is 0.360. The molecule has 4 N–H and O–H groups in total. The molecule has 182 valence electrons. The molecule has 3 unspecified atom stereocenters. The predicted molar refractivity (Wildman–Crippen MR) is 127 cm³/mol. The predicted octanol–water partition coefficient (Wildman–Crippen LogP) is 2.38. The molecule has 4 heterocycles. The van der Waals surface area contributed by atoms with Gasteiger partial charge in [0.05, 0.1) is 6.42 Å². The van der Waals surface area contributed by atoms with Crippen molar-refractivity contribution in [3.63, 3.8) is 0 Å². The molecule has 10 heteroatoms. The molecule has 1 amide bonds. The van der Waals surface area contributed by atoms with E-state index in [0.717, 1.165) is 17.6 Å². The normalized spacial score (nSPS) is 20.2. The zero-order valence-corrected chi connectivity index (χ0v) is 18.9. The number of aromatic amines is 1. The van der Waals surface area contributed by atoms with Crippen LogP contribution < -0.4 is 10.9 Å². The van der Waals surface area contributed by atoms with Gasteiger partial charge in [-0.3, -0.25) is 24.1 Å². The van der Waals surface area contributed by atoms with Crippen LogP contribution in [0.2, 0.25) is 0 Å². The summed E-state index contributed by atoms with van der Waals surface area (Å²) in [7, 11) is 0. The number of carboxylic acid groups (broad SMARTS) is 2.